The summed E-state index contributed by atoms with van der Waals surface area (Å²) in [4.78, 5) is 5.32. The molecule has 0 aromatic heterocycles. The molecule has 0 atom stereocenters. The largest absolute Gasteiger partial charge is 0.376 e. The Hall–Kier alpha value is -7.62. The van der Waals surface area contributed by atoms with E-state index in [-0.39, 0.29) is 17.7 Å². The first kappa shape index (κ1) is 36.8. The van der Waals surface area contributed by atoms with E-state index in [2.05, 4.69) is 238 Å². The average Bonchev–Trinajstić information content (AvgIpc) is 3.72. The normalized spacial score (nSPS) is 15.2. The van der Waals surface area contributed by atoms with E-state index >= 15 is 0 Å². The second-order valence-electron chi connectivity index (χ2n) is 19.6. The second kappa shape index (κ2) is 13.0. The van der Waals surface area contributed by atoms with Gasteiger partial charge in [0.25, 0.3) is 0 Å². The van der Waals surface area contributed by atoms with Crippen molar-refractivity contribution in [1.29, 1.82) is 0 Å². The van der Waals surface area contributed by atoms with Crippen LogP contribution in [0.2, 0.25) is 0 Å². The molecular weight excluding hydrogens is 784 g/mol. The molecule has 14 rings (SSSR count). The molecule has 306 valence electrons. The van der Waals surface area contributed by atoms with Crippen LogP contribution in [0.1, 0.15) is 49.9 Å². The van der Waals surface area contributed by atoms with Crippen molar-refractivity contribution in [3.63, 3.8) is 0 Å². The Morgan fingerprint density at radius 1 is 0.369 bits per heavy atom. The van der Waals surface area contributed by atoms with Crippen molar-refractivity contribution in [1.82, 2.24) is 0 Å². The van der Waals surface area contributed by atoms with Crippen molar-refractivity contribution in [2.45, 2.75) is 38.5 Å². The molecule has 0 radical (unpaired) electrons. The Morgan fingerprint density at radius 3 is 1.68 bits per heavy atom. The molecule has 4 aliphatic rings. The van der Waals surface area contributed by atoms with Crippen molar-refractivity contribution >= 4 is 67.8 Å². The maximum absolute atomic E-state index is 2.67. The van der Waals surface area contributed by atoms with E-state index in [9.17, 15) is 0 Å². The molecule has 0 spiro atoms. The van der Waals surface area contributed by atoms with Crippen LogP contribution in [0, 0.1) is 0 Å². The third-order valence-corrected chi connectivity index (χ3v) is 15.6. The number of hydrogen-bond acceptors (Lipinski definition) is 2. The standard InChI is InChI=1S/C62H45BN2/c1-61(2)50-24-14-12-22-46(50)48-32-31-43(35-52(48)61)64-56-37-53-49(47-23-13-15-25-51(47)62(53,3)4)36-54(56)63-60-57(64)34-41-19-9-11-21-45(41)59(60)58-44-20-10-8-18-40(44)28-33-55(58)65(63)42-29-26-39(27-30-42)38-16-6-5-7-17-38/h5-37H,1-4H3. The fraction of sp³-hybridized carbons (Fsp3) is 0.0968. The van der Waals surface area contributed by atoms with Gasteiger partial charge in [-0.25, -0.2) is 0 Å². The first-order valence-corrected chi connectivity index (χ1v) is 23.1. The third-order valence-electron chi connectivity index (χ3n) is 15.6. The Morgan fingerprint density at radius 2 is 0.938 bits per heavy atom. The first-order chi connectivity index (χ1) is 31.8. The SMILES string of the molecule is CC1(C)c2ccccc2-c2ccc(N3c4cc5c(cc4B4c6c3cc3ccccc3c6-c3c(ccc6ccccc36)N4c3ccc(-c4ccccc4)cc3)-c3ccccc3C5(C)C)cc21. The van der Waals surface area contributed by atoms with Crippen molar-refractivity contribution < 1.29 is 0 Å². The molecule has 10 aromatic carbocycles. The molecule has 2 nitrogen and oxygen atoms in total. The molecule has 0 fully saturated rings. The van der Waals surface area contributed by atoms with E-state index in [4.69, 9.17) is 0 Å². The average molecular weight is 829 g/mol. The monoisotopic (exact) mass is 828 g/mol. The van der Waals surface area contributed by atoms with Crippen molar-refractivity contribution in [3.05, 3.63) is 222 Å². The first-order valence-electron chi connectivity index (χ1n) is 23.1. The quantitative estimate of drug-likeness (QED) is 0.164. The van der Waals surface area contributed by atoms with Crippen molar-refractivity contribution in [2.75, 3.05) is 9.71 Å². The zero-order valence-corrected chi connectivity index (χ0v) is 37.0. The molecule has 2 aliphatic carbocycles. The lowest BCUT2D eigenvalue weighted by Gasteiger charge is -2.47. The number of nitrogens with zero attached hydrogens (tertiary/aromatic N) is 2. The van der Waals surface area contributed by atoms with E-state index in [1.165, 1.54) is 128 Å². The number of anilines is 5. The molecule has 0 unspecified atom stereocenters. The molecule has 2 heterocycles. The summed E-state index contributed by atoms with van der Waals surface area (Å²) in [6, 6.07) is 75.9. The molecule has 3 heteroatoms. The van der Waals surface area contributed by atoms with Gasteiger partial charge in [0.1, 0.15) is 0 Å². The van der Waals surface area contributed by atoms with Crippen LogP contribution in [0.3, 0.4) is 0 Å². The fourth-order valence-electron chi connectivity index (χ4n) is 12.5. The van der Waals surface area contributed by atoms with Gasteiger partial charge in [-0.1, -0.05) is 185 Å². The highest BCUT2D eigenvalue weighted by Gasteiger charge is 2.48. The van der Waals surface area contributed by atoms with Crippen LogP contribution >= 0.6 is 0 Å². The molecule has 65 heavy (non-hydrogen) atoms. The predicted molar refractivity (Wildman–Crippen MR) is 276 cm³/mol. The van der Waals surface area contributed by atoms with E-state index < -0.39 is 0 Å². The fourth-order valence-corrected chi connectivity index (χ4v) is 12.5. The maximum Gasteiger partial charge on any atom is 0.333 e. The highest BCUT2D eigenvalue weighted by molar-refractivity contribution is 6.94. The second-order valence-corrected chi connectivity index (χ2v) is 19.6. The zero-order chi connectivity index (χ0) is 43.3. The van der Waals surface area contributed by atoms with Gasteiger partial charge in [0.05, 0.1) is 0 Å². The summed E-state index contributed by atoms with van der Waals surface area (Å²) in [5.74, 6) is 0. The zero-order valence-electron chi connectivity index (χ0n) is 37.0. The summed E-state index contributed by atoms with van der Waals surface area (Å²) in [7, 11) is 0. The van der Waals surface area contributed by atoms with Gasteiger partial charge in [-0.05, 0) is 136 Å². The van der Waals surface area contributed by atoms with Gasteiger partial charge in [-0.15, -0.1) is 0 Å². The van der Waals surface area contributed by atoms with Crippen LogP contribution in [0.5, 0.6) is 0 Å². The minimum absolute atomic E-state index is 0.122. The van der Waals surface area contributed by atoms with Gasteiger partial charge in [0.2, 0.25) is 0 Å². The molecule has 2 aliphatic heterocycles. The highest BCUT2D eigenvalue weighted by atomic mass is 15.2. The topological polar surface area (TPSA) is 6.48 Å². The van der Waals surface area contributed by atoms with Gasteiger partial charge < -0.3 is 9.71 Å². The maximum atomic E-state index is 2.67. The van der Waals surface area contributed by atoms with Crippen LogP contribution < -0.4 is 20.6 Å². The predicted octanol–water partition coefficient (Wildman–Crippen LogP) is 15.0. The molecule has 0 bridgehead atoms. The highest BCUT2D eigenvalue weighted by Crippen LogP contribution is 2.56. The molecule has 0 saturated heterocycles. The third kappa shape index (κ3) is 4.91. The molecule has 0 N–H and O–H groups in total. The Labute approximate surface area is 381 Å². The van der Waals surface area contributed by atoms with Crippen LogP contribution in [0.4, 0.5) is 28.4 Å². The van der Waals surface area contributed by atoms with Gasteiger partial charge in [0.15, 0.2) is 0 Å². The van der Waals surface area contributed by atoms with Gasteiger partial charge in [-0.2, -0.15) is 0 Å². The van der Waals surface area contributed by atoms with Crippen LogP contribution in [-0.2, 0) is 10.8 Å². The molecule has 0 saturated carbocycles. The minimum atomic E-state index is -0.173. The smallest absolute Gasteiger partial charge is 0.333 e. The summed E-state index contributed by atoms with van der Waals surface area (Å²) < 4.78 is 0. The number of rotatable bonds is 3. The summed E-state index contributed by atoms with van der Waals surface area (Å²) in [6.07, 6.45) is 0. The van der Waals surface area contributed by atoms with Crippen molar-refractivity contribution in [3.8, 4) is 44.5 Å². The van der Waals surface area contributed by atoms with Gasteiger partial charge >= 0.3 is 6.85 Å². The lowest BCUT2D eigenvalue weighted by atomic mass is 9.42. The molecule has 10 aromatic rings. The lowest BCUT2D eigenvalue weighted by molar-refractivity contribution is 0.660. The number of hydrogen-bond donors (Lipinski definition) is 0. The van der Waals surface area contributed by atoms with E-state index in [0.29, 0.717) is 0 Å². The van der Waals surface area contributed by atoms with Crippen LogP contribution in [-0.4, -0.2) is 6.85 Å². The molecule has 0 amide bonds. The minimum Gasteiger partial charge on any atom is -0.376 e. The van der Waals surface area contributed by atoms with Crippen molar-refractivity contribution in [2.24, 2.45) is 0 Å². The van der Waals surface area contributed by atoms with E-state index in [1.807, 2.05) is 0 Å². The Bertz CT molecular complexity index is 3680. The lowest BCUT2D eigenvalue weighted by Crippen LogP contribution is -2.61. The summed E-state index contributed by atoms with van der Waals surface area (Å²) in [6.45, 7) is 9.50. The number of fused-ring (bicyclic) bond motifs is 14. The van der Waals surface area contributed by atoms with Crippen LogP contribution in [0.25, 0.3) is 66.1 Å². The van der Waals surface area contributed by atoms with E-state index in [1.54, 1.807) is 0 Å². The molecular formula is C62H45BN2. The van der Waals surface area contributed by atoms with Crippen LogP contribution in [0.15, 0.2) is 200 Å². The Kier molecular flexibility index (Phi) is 7.36. The summed E-state index contributed by atoms with van der Waals surface area (Å²) >= 11 is 0. The summed E-state index contributed by atoms with van der Waals surface area (Å²) in [5.41, 5.74) is 24.4. The van der Waals surface area contributed by atoms with E-state index in [0.717, 1.165) is 0 Å². The van der Waals surface area contributed by atoms with Gasteiger partial charge in [0, 0.05) is 44.8 Å². The number of benzene rings is 10. The van der Waals surface area contributed by atoms with Gasteiger partial charge in [-0.3, -0.25) is 0 Å². The summed E-state index contributed by atoms with van der Waals surface area (Å²) in [5, 5.41) is 5.05. The Balaban J connectivity index is 1.12.